The summed E-state index contributed by atoms with van der Waals surface area (Å²) >= 11 is 0. The number of hydrogen-bond acceptors (Lipinski definition) is 3. The lowest BCUT2D eigenvalue weighted by atomic mass is 9.84. The van der Waals surface area contributed by atoms with Crippen LogP contribution in [0.3, 0.4) is 0 Å². The average molecular weight is 313 g/mol. The van der Waals surface area contributed by atoms with Gasteiger partial charge in [-0.2, -0.15) is 0 Å². The fourth-order valence-corrected chi connectivity index (χ4v) is 4.47. The molecule has 4 heteroatoms. The first-order valence-corrected chi connectivity index (χ1v) is 8.57. The molecule has 23 heavy (non-hydrogen) atoms. The van der Waals surface area contributed by atoms with Crippen LogP contribution in [-0.4, -0.2) is 18.7 Å². The molecule has 2 fully saturated rings. The molecule has 0 spiro atoms. The van der Waals surface area contributed by atoms with Crippen LogP contribution < -0.4 is 14.8 Å². The van der Waals surface area contributed by atoms with Gasteiger partial charge in [0, 0.05) is 12.1 Å². The van der Waals surface area contributed by atoms with Crippen molar-refractivity contribution in [3.63, 3.8) is 0 Å². The third-order valence-electron chi connectivity index (χ3n) is 5.63. The Morgan fingerprint density at radius 2 is 2.13 bits per heavy atom. The maximum absolute atomic E-state index is 12.2. The van der Waals surface area contributed by atoms with Gasteiger partial charge in [-0.15, -0.1) is 0 Å². The number of amides is 1. The summed E-state index contributed by atoms with van der Waals surface area (Å²) in [6.45, 7) is 2.42. The summed E-state index contributed by atoms with van der Waals surface area (Å²) in [6.07, 6.45) is 8.84. The van der Waals surface area contributed by atoms with Gasteiger partial charge in [-0.05, 0) is 67.7 Å². The van der Waals surface area contributed by atoms with Crippen molar-refractivity contribution in [2.45, 2.75) is 38.6 Å². The average Bonchev–Trinajstić information content (AvgIpc) is 3.28. The van der Waals surface area contributed by atoms with Gasteiger partial charge in [0.25, 0.3) is 0 Å². The van der Waals surface area contributed by atoms with Gasteiger partial charge in [0.05, 0.1) is 0 Å². The minimum atomic E-state index is -0.0158. The lowest BCUT2D eigenvalue weighted by Gasteiger charge is -2.28. The molecule has 3 aliphatic rings. The quantitative estimate of drug-likeness (QED) is 0.867. The zero-order valence-electron chi connectivity index (χ0n) is 13.5. The van der Waals surface area contributed by atoms with E-state index in [0.29, 0.717) is 5.92 Å². The molecule has 0 radical (unpaired) electrons. The van der Waals surface area contributed by atoms with Gasteiger partial charge in [-0.3, -0.25) is 4.79 Å². The maximum atomic E-state index is 12.2. The summed E-state index contributed by atoms with van der Waals surface area (Å²) in [6, 6.07) is 5.96. The van der Waals surface area contributed by atoms with Crippen LogP contribution >= 0.6 is 0 Å². The summed E-state index contributed by atoms with van der Waals surface area (Å²) in [5.74, 6) is 3.88. The van der Waals surface area contributed by atoms with Crippen molar-refractivity contribution >= 4 is 12.0 Å². The van der Waals surface area contributed by atoms with Gasteiger partial charge in [0.1, 0.15) is 0 Å². The van der Waals surface area contributed by atoms with E-state index in [2.05, 4.69) is 12.2 Å². The zero-order chi connectivity index (χ0) is 15.8. The number of fused-ring (bicyclic) bond motifs is 3. The highest BCUT2D eigenvalue weighted by molar-refractivity contribution is 5.92. The number of rotatable bonds is 4. The first kappa shape index (κ1) is 14.6. The number of carbonyl (C=O) groups excluding carboxylic acids is 1. The van der Waals surface area contributed by atoms with Gasteiger partial charge in [0.2, 0.25) is 12.7 Å². The van der Waals surface area contributed by atoms with Crippen molar-refractivity contribution in [1.29, 1.82) is 0 Å². The van der Waals surface area contributed by atoms with Crippen LogP contribution in [0.4, 0.5) is 0 Å². The Hall–Kier alpha value is -1.97. The highest BCUT2D eigenvalue weighted by atomic mass is 16.7. The Kier molecular flexibility index (Phi) is 3.76. The summed E-state index contributed by atoms with van der Waals surface area (Å²) in [5.41, 5.74) is 0.942. The molecule has 1 aromatic rings. The first-order valence-electron chi connectivity index (χ1n) is 8.57. The van der Waals surface area contributed by atoms with E-state index in [9.17, 15) is 4.79 Å². The molecule has 4 atom stereocenters. The topological polar surface area (TPSA) is 47.6 Å². The Labute approximate surface area is 136 Å². The molecule has 0 aromatic heterocycles. The van der Waals surface area contributed by atoms with Crippen LogP contribution in [0, 0.1) is 17.8 Å². The largest absolute Gasteiger partial charge is 0.454 e. The van der Waals surface area contributed by atoms with Gasteiger partial charge in [-0.1, -0.05) is 12.5 Å². The monoisotopic (exact) mass is 313 g/mol. The van der Waals surface area contributed by atoms with Gasteiger partial charge in [-0.25, -0.2) is 0 Å². The van der Waals surface area contributed by atoms with Crippen LogP contribution in [0.2, 0.25) is 0 Å². The van der Waals surface area contributed by atoms with Crippen LogP contribution in [0.1, 0.15) is 38.2 Å². The summed E-state index contributed by atoms with van der Waals surface area (Å²) in [5, 5.41) is 3.15. The molecule has 2 bridgehead atoms. The van der Waals surface area contributed by atoms with Crippen LogP contribution in [-0.2, 0) is 4.79 Å². The summed E-state index contributed by atoms with van der Waals surface area (Å²) < 4.78 is 10.6. The normalized spacial score (nSPS) is 29.2. The smallest absolute Gasteiger partial charge is 0.244 e. The minimum Gasteiger partial charge on any atom is -0.454 e. The van der Waals surface area contributed by atoms with E-state index in [1.807, 2.05) is 24.3 Å². The second kappa shape index (κ2) is 5.91. The van der Waals surface area contributed by atoms with E-state index in [0.717, 1.165) is 28.9 Å². The Morgan fingerprint density at radius 1 is 1.26 bits per heavy atom. The number of nitrogens with one attached hydrogen (secondary N) is 1. The van der Waals surface area contributed by atoms with E-state index in [-0.39, 0.29) is 18.7 Å². The third-order valence-corrected chi connectivity index (χ3v) is 5.63. The van der Waals surface area contributed by atoms with E-state index in [4.69, 9.17) is 9.47 Å². The fourth-order valence-electron chi connectivity index (χ4n) is 4.47. The van der Waals surface area contributed by atoms with E-state index in [1.54, 1.807) is 6.08 Å². The number of hydrogen-bond donors (Lipinski definition) is 1. The molecule has 1 aromatic carbocycles. The fraction of sp³-hybridized carbons (Fsp3) is 0.526. The molecule has 4 nitrogen and oxygen atoms in total. The van der Waals surface area contributed by atoms with E-state index < -0.39 is 0 Å². The van der Waals surface area contributed by atoms with Crippen molar-refractivity contribution in [2.24, 2.45) is 17.8 Å². The molecular weight excluding hydrogens is 290 g/mol. The highest BCUT2D eigenvalue weighted by Crippen LogP contribution is 2.49. The van der Waals surface area contributed by atoms with Crippen LogP contribution in [0.5, 0.6) is 11.5 Å². The van der Waals surface area contributed by atoms with E-state index >= 15 is 0 Å². The molecule has 1 N–H and O–H groups in total. The molecule has 2 aliphatic carbocycles. The maximum Gasteiger partial charge on any atom is 0.244 e. The lowest BCUT2D eigenvalue weighted by Crippen LogP contribution is -2.39. The summed E-state index contributed by atoms with van der Waals surface area (Å²) in [7, 11) is 0. The molecule has 2 saturated carbocycles. The van der Waals surface area contributed by atoms with Gasteiger partial charge >= 0.3 is 0 Å². The Balaban J connectivity index is 1.34. The van der Waals surface area contributed by atoms with Gasteiger partial charge < -0.3 is 14.8 Å². The summed E-state index contributed by atoms with van der Waals surface area (Å²) in [4.78, 5) is 12.2. The standard InChI is InChI=1S/C19H23NO3/c1-12(16-9-14-2-5-15(16)8-14)20-19(21)7-4-13-3-6-17-18(10-13)23-11-22-17/h3-4,6-7,10,12,14-16H,2,5,8-9,11H2,1H3,(H,20,21)/b7-4+/t12-,14+,15+,16-/m0/s1. The highest BCUT2D eigenvalue weighted by Gasteiger charge is 2.41. The first-order chi connectivity index (χ1) is 11.2. The van der Waals surface area contributed by atoms with Crippen LogP contribution in [0.15, 0.2) is 24.3 Å². The Bertz CT molecular complexity index is 640. The van der Waals surface area contributed by atoms with Crippen molar-refractivity contribution in [3.05, 3.63) is 29.8 Å². The molecule has 0 saturated heterocycles. The van der Waals surface area contributed by atoms with Crippen molar-refractivity contribution in [3.8, 4) is 11.5 Å². The number of benzene rings is 1. The third kappa shape index (κ3) is 2.94. The molecule has 4 rings (SSSR count). The number of ether oxygens (including phenoxy) is 2. The minimum absolute atomic E-state index is 0.0158. The van der Waals surface area contributed by atoms with Crippen molar-refractivity contribution < 1.29 is 14.3 Å². The second-order valence-corrected chi connectivity index (χ2v) is 7.08. The van der Waals surface area contributed by atoms with Gasteiger partial charge in [0.15, 0.2) is 11.5 Å². The predicted octanol–water partition coefficient (Wildman–Crippen LogP) is 3.37. The van der Waals surface area contributed by atoms with Crippen molar-refractivity contribution in [2.75, 3.05) is 6.79 Å². The Morgan fingerprint density at radius 3 is 2.91 bits per heavy atom. The van der Waals surface area contributed by atoms with E-state index in [1.165, 1.54) is 25.7 Å². The SMILES string of the molecule is C[C@H](NC(=O)/C=C/c1ccc2c(c1)OCO2)[C@@H]1C[C@@H]2CC[C@@H]1C2. The molecule has 1 amide bonds. The zero-order valence-corrected chi connectivity index (χ0v) is 13.5. The molecular formula is C19H23NO3. The molecule has 0 unspecified atom stereocenters. The lowest BCUT2D eigenvalue weighted by molar-refractivity contribution is -0.117. The second-order valence-electron chi connectivity index (χ2n) is 7.08. The van der Waals surface area contributed by atoms with Crippen LogP contribution in [0.25, 0.3) is 6.08 Å². The molecule has 1 heterocycles. The number of carbonyl (C=O) groups is 1. The molecule has 1 aliphatic heterocycles. The molecule has 122 valence electrons. The van der Waals surface area contributed by atoms with Crippen molar-refractivity contribution in [1.82, 2.24) is 5.32 Å². The predicted molar refractivity (Wildman–Crippen MR) is 88.1 cm³/mol.